The van der Waals surface area contributed by atoms with Crippen molar-refractivity contribution in [3.05, 3.63) is 29.8 Å². The molecule has 0 aromatic heterocycles. The van der Waals surface area contributed by atoms with Gasteiger partial charge in [0, 0.05) is 37.9 Å². The summed E-state index contributed by atoms with van der Waals surface area (Å²) in [6.07, 6.45) is 9.07. The predicted molar refractivity (Wildman–Crippen MR) is 107 cm³/mol. The van der Waals surface area contributed by atoms with Gasteiger partial charge < -0.3 is 9.47 Å². The second kappa shape index (κ2) is 6.68. The maximum atomic E-state index is 6.61. The molecule has 0 amide bonds. The molecule has 3 fully saturated rings. The molecular weight excluding hydrogens is 425 g/mol. The molecule has 1 aromatic carbocycles. The topological polar surface area (TPSA) is 21.7 Å². The largest absolute Gasteiger partial charge is 0.487 e. The number of likely N-dealkylation sites (tertiary alicyclic amines) is 1. The average Bonchev–Trinajstić information content (AvgIpc) is 3.54. The van der Waals surface area contributed by atoms with Gasteiger partial charge in [0.1, 0.15) is 11.4 Å². The van der Waals surface area contributed by atoms with Crippen molar-refractivity contribution in [3.63, 3.8) is 0 Å². The van der Waals surface area contributed by atoms with E-state index in [4.69, 9.17) is 9.47 Å². The summed E-state index contributed by atoms with van der Waals surface area (Å²) in [5, 5.41) is 0. The van der Waals surface area contributed by atoms with Gasteiger partial charge in [-0.1, -0.05) is 40.8 Å². The fraction of sp³-hybridized carbons (Fsp3) is 0.714. The van der Waals surface area contributed by atoms with Crippen LogP contribution in [-0.4, -0.2) is 34.2 Å². The lowest BCUT2D eigenvalue weighted by molar-refractivity contribution is -0.0785. The van der Waals surface area contributed by atoms with E-state index in [0.717, 1.165) is 47.5 Å². The number of hydrogen-bond acceptors (Lipinski definition) is 3. The van der Waals surface area contributed by atoms with Crippen molar-refractivity contribution in [1.82, 2.24) is 4.90 Å². The molecule has 0 N–H and O–H groups in total. The molecule has 0 radical (unpaired) electrons. The van der Waals surface area contributed by atoms with Crippen LogP contribution in [0.3, 0.4) is 0 Å². The molecule has 136 valence electrons. The number of ether oxygens (including phenoxy) is 2. The van der Waals surface area contributed by atoms with Crippen molar-refractivity contribution >= 4 is 22.6 Å². The van der Waals surface area contributed by atoms with E-state index in [-0.39, 0.29) is 11.7 Å². The van der Waals surface area contributed by atoms with Crippen LogP contribution in [0.25, 0.3) is 0 Å². The van der Waals surface area contributed by atoms with E-state index in [9.17, 15) is 0 Å². The summed E-state index contributed by atoms with van der Waals surface area (Å²) in [7, 11) is 0. The maximum Gasteiger partial charge on any atom is 0.125 e. The first-order valence-corrected chi connectivity index (χ1v) is 11.2. The summed E-state index contributed by atoms with van der Waals surface area (Å²) in [5.74, 6) is 2.82. The summed E-state index contributed by atoms with van der Waals surface area (Å²) in [5.41, 5.74) is 1.25. The molecule has 2 aliphatic heterocycles. The molecule has 25 heavy (non-hydrogen) atoms. The minimum atomic E-state index is -0.0149. The van der Waals surface area contributed by atoms with E-state index < -0.39 is 0 Å². The quantitative estimate of drug-likeness (QED) is 0.358. The van der Waals surface area contributed by atoms with Gasteiger partial charge in [0.05, 0.1) is 16.8 Å². The minimum Gasteiger partial charge on any atom is -0.487 e. The minimum absolute atomic E-state index is 0.0149. The first kappa shape index (κ1) is 16.8. The predicted octanol–water partition coefficient (Wildman–Crippen LogP) is 4.94. The Hall–Kier alpha value is -0.330. The highest BCUT2D eigenvalue weighted by atomic mass is 127. The fourth-order valence-electron chi connectivity index (χ4n) is 4.40. The van der Waals surface area contributed by atoms with Crippen molar-refractivity contribution in [2.75, 3.05) is 19.7 Å². The Kier molecular flexibility index (Phi) is 4.49. The third kappa shape index (κ3) is 3.59. The summed E-state index contributed by atoms with van der Waals surface area (Å²) in [6.45, 7) is 3.27. The third-order valence-corrected chi connectivity index (χ3v) is 8.25. The molecule has 2 atom stereocenters. The third-order valence-electron chi connectivity index (χ3n) is 6.45. The van der Waals surface area contributed by atoms with Gasteiger partial charge in [0.2, 0.25) is 0 Å². The van der Waals surface area contributed by atoms with Crippen molar-refractivity contribution in [1.29, 1.82) is 0 Å². The second-order valence-corrected chi connectivity index (χ2v) is 9.81. The zero-order valence-electron chi connectivity index (χ0n) is 14.8. The van der Waals surface area contributed by atoms with Crippen molar-refractivity contribution in [2.45, 2.75) is 60.7 Å². The van der Waals surface area contributed by atoms with Gasteiger partial charge in [-0.2, -0.15) is 0 Å². The molecule has 2 aliphatic carbocycles. The SMILES string of the molecule is IC(C1CC1)N1CCC2(CC1)CC(OCC1CC1)c1ccccc1O2. The van der Waals surface area contributed by atoms with Crippen LogP contribution in [0.4, 0.5) is 0 Å². The fourth-order valence-corrected chi connectivity index (χ4v) is 5.68. The molecule has 4 heteroatoms. The van der Waals surface area contributed by atoms with Gasteiger partial charge in [0.15, 0.2) is 0 Å². The highest BCUT2D eigenvalue weighted by Crippen LogP contribution is 2.48. The monoisotopic (exact) mass is 453 g/mol. The highest BCUT2D eigenvalue weighted by Gasteiger charge is 2.46. The van der Waals surface area contributed by atoms with Crippen molar-refractivity contribution in [3.8, 4) is 5.75 Å². The van der Waals surface area contributed by atoms with E-state index in [1.807, 2.05) is 0 Å². The Balaban J connectivity index is 1.30. The molecule has 2 saturated carbocycles. The zero-order valence-corrected chi connectivity index (χ0v) is 17.0. The van der Waals surface area contributed by atoms with Crippen molar-refractivity contribution in [2.24, 2.45) is 11.8 Å². The molecular formula is C21H28INO2. The normalized spacial score (nSPS) is 29.9. The summed E-state index contributed by atoms with van der Waals surface area (Å²) < 4.78 is 13.7. The van der Waals surface area contributed by atoms with Gasteiger partial charge in [-0.15, -0.1) is 0 Å². The molecule has 1 saturated heterocycles. The Morgan fingerprint density at radius 2 is 1.92 bits per heavy atom. The molecule has 2 heterocycles. The molecule has 3 nitrogen and oxygen atoms in total. The lowest BCUT2D eigenvalue weighted by Gasteiger charge is -2.47. The number of rotatable bonds is 5. The van der Waals surface area contributed by atoms with E-state index in [0.29, 0.717) is 0 Å². The van der Waals surface area contributed by atoms with Crippen LogP contribution in [0.15, 0.2) is 24.3 Å². The highest BCUT2D eigenvalue weighted by molar-refractivity contribution is 14.1. The van der Waals surface area contributed by atoms with Crippen molar-refractivity contribution < 1.29 is 9.47 Å². The Morgan fingerprint density at radius 1 is 1.16 bits per heavy atom. The summed E-state index contributed by atoms with van der Waals surface area (Å²) in [6, 6.07) is 8.55. The van der Waals surface area contributed by atoms with Crippen LogP contribution in [0.2, 0.25) is 0 Å². The number of fused-ring (bicyclic) bond motifs is 1. The van der Waals surface area contributed by atoms with Crippen LogP contribution in [-0.2, 0) is 4.74 Å². The van der Waals surface area contributed by atoms with E-state index >= 15 is 0 Å². The number of piperidine rings is 1. The number of alkyl halides is 1. The van der Waals surface area contributed by atoms with Gasteiger partial charge in [-0.05, 0) is 43.6 Å². The number of nitrogens with zero attached hydrogens (tertiary/aromatic N) is 1. The lowest BCUT2D eigenvalue weighted by atomic mass is 9.81. The molecule has 1 aromatic rings. The molecule has 4 aliphatic rings. The van der Waals surface area contributed by atoms with Crippen LogP contribution >= 0.6 is 22.6 Å². The van der Waals surface area contributed by atoms with E-state index in [1.165, 1.54) is 44.3 Å². The smallest absolute Gasteiger partial charge is 0.125 e. The summed E-state index contributed by atoms with van der Waals surface area (Å²) >= 11 is 2.66. The standard InChI is InChI=1S/C21H28INO2/c22-20(16-7-8-16)23-11-9-21(10-12-23)13-19(24-14-15-5-6-15)17-3-1-2-4-18(17)25-21/h1-4,15-16,19-20H,5-14H2. The lowest BCUT2D eigenvalue weighted by Crippen LogP contribution is -2.52. The van der Waals surface area contributed by atoms with Gasteiger partial charge in [-0.3, -0.25) is 4.90 Å². The number of para-hydroxylation sites is 1. The van der Waals surface area contributed by atoms with Crippen LogP contribution in [0.5, 0.6) is 5.75 Å². The van der Waals surface area contributed by atoms with E-state index in [1.54, 1.807) is 0 Å². The van der Waals surface area contributed by atoms with Gasteiger partial charge in [-0.25, -0.2) is 0 Å². The average molecular weight is 453 g/mol. The summed E-state index contributed by atoms with van der Waals surface area (Å²) in [4.78, 5) is 2.69. The first-order valence-electron chi connectivity index (χ1n) is 10.0. The Bertz CT molecular complexity index is 620. The first-order chi connectivity index (χ1) is 12.2. The van der Waals surface area contributed by atoms with Gasteiger partial charge in [0.25, 0.3) is 0 Å². The van der Waals surface area contributed by atoms with E-state index in [2.05, 4.69) is 51.8 Å². The van der Waals surface area contributed by atoms with Crippen LogP contribution < -0.4 is 4.74 Å². The zero-order chi connectivity index (χ0) is 16.9. The molecule has 5 rings (SSSR count). The maximum absolute atomic E-state index is 6.61. The molecule has 0 bridgehead atoms. The van der Waals surface area contributed by atoms with Crippen LogP contribution in [0, 0.1) is 11.8 Å². The number of hydrogen-bond donors (Lipinski definition) is 0. The van der Waals surface area contributed by atoms with Crippen LogP contribution in [0.1, 0.15) is 56.6 Å². The number of benzene rings is 1. The number of halogens is 1. The second-order valence-electron chi connectivity index (χ2n) is 8.54. The molecule has 2 unspecified atom stereocenters. The Labute approximate surface area is 164 Å². The molecule has 1 spiro atoms. The Morgan fingerprint density at radius 3 is 2.64 bits per heavy atom. The van der Waals surface area contributed by atoms with Gasteiger partial charge >= 0.3 is 0 Å².